The van der Waals surface area contributed by atoms with Crippen molar-refractivity contribution < 1.29 is 9.90 Å². The normalized spacial score (nSPS) is 25.4. The fourth-order valence-corrected chi connectivity index (χ4v) is 5.60. The summed E-state index contributed by atoms with van der Waals surface area (Å²) in [6.45, 7) is 7.40. The van der Waals surface area contributed by atoms with Crippen LogP contribution in [-0.2, 0) is 4.79 Å². The van der Waals surface area contributed by atoms with Crippen LogP contribution in [-0.4, -0.2) is 77.7 Å². The number of hydrogen-bond donors (Lipinski definition) is 3. The summed E-state index contributed by atoms with van der Waals surface area (Å²) in [5, 5.41) is 18.0. The first kappa shape index (κ1) is 23.5. The van der Waals surface area contributed by atoms with E-state index in [1.807, 2.05) is 29.2 Å². The number of nitrogens with zero attached hydrogens (tertiary/aromatic N) is 4. The van der Waals surface area contributed by atoms with E-state index in [0.717, 1.165) is 42.1 Å². The molecule has 5 rings (SSSR count). The van der Waals surface area contributed by atoms with Gasteiger partial charge in [-0.2, -0.15) is 0 Å². The summed E-state index contributed by atoms with van der Waals surface area (Å²) in [6.07, 6.45) is 2.80. The van der Waals surface area contributed by atoms with Crippen molar-refractivity contribution in [1.82, 2.24) is 25.5 Å². The van der Waals surface area contributed by atoms with Crippen LogP contribution in [0.4, 0.5) is 5.82 Å². The molecule has 9 heteroatoms. The van der Waals surface area contributed by atoms with Gasteiger partial charge in [0.15, 0.2) is 0 Å². The molecule has 0 saturated carbocycles. The zero-order valence-electron chi connectivity index (χ0n) is 19.6. The Morgan fingerprint density at radius 2 is 2.00 bits per heavy atom. The Hall–Kier alpha value is -2.26. The van der Waals surface area contributed by atoms with E-state index in [1.165, 1.54) is 0 Å². The van der Waals surface area contributed by atoms with E-state index in [0.29, 0.717) is 50.2 Å². The molecule has 182 valence electrons. The Kier molecular flexibility index (Phi) is 7.01. The van der Waals surface area contributed by atoms with Crippen LogP contribution in [0.25, 0.3) is 0 Å². The van der Waals surface area contributed by atoms with Gasteiger partial charge in [0.05, 0.1) is 17.7 Å². The van der Waals surface area contributed by atoms with E-state index in [4.69, 9.17) is 11.6 Å². The highest BCUT2D eigenvalue weighted by Crippen LogP contribution is 2.42. The van der Waals surface area contributed by atoms with E-state index < -0.39 is 6.10 Å². The highest BCUT2D eigenvalue weighted by Gasteiger charge is 2.35. The van der Waals surface area contributed by atoms with Crippen LogP contribution < -0.4 is 15.5 Å². The largest absolute Gasteiger partial charge is 0.387 e. The molecule has 1 amide bonds. The molecule has 1 aliphatic carbocycles. The topological polar surface area (TPSA) is 93.6 Å². The second kappa shape index (κ2) is 10.2. The molecule has 0 radical (unpaired) electrons. The van der Waals surface area contributed by atoms with Crippen LogP contribution >= 0.6 is 11.6 Å². The predicted molar refractivity (Wildman–Crippen MR) is 132 cm³/mol. The van der Waals surface area contributed by atoms with Crippen molar-refractivity contribution in [2.75, 3.05) is 50.7 Å². The lowest BCUT2D eigenvalue weighted by Gasteiger charge is -2.38. The average Bonchev–Trinajstić information content (AvgIpc) is 3.48. The molecule has 4 atom stereocenters. The lowest BCUT2D eigenvalue weighted by atomic mass is 9.96. The number of carbonyl (C=O) groups is 1. The van der Waals surface area contributed by atoms with Crippen LogP contribution in [0.1, 0.15) is 54.5 Å². The van der Waals surface area contributed by atoms with Gasteiger partial charge in [0.1, 0.15) is 12.1 Å². The van der Waals surface area contributed by atoms with Crippen LogP contribution in [0.2, 0.25) is 5.02 Å². The molecule has 1 aromatic heterocycles. The quantitative estimate of drug-likeness (QED) is 0.577. The van der Waals surface area contributed by atoms with Gasteiger partial charge in [0.25, 0.3) is 0 Å². The molecule has 2 aliphatic heterocycles. The smallest absolute Gasteiger partial charge is 0.231 e. The van der Waals surface area contributed by atoms with Crippen molar-refractivity contribution in [3.63, 3.8) is 0 Å². The van der Waals surface area contributed by atoms with Crippen molar-refractivity contribution in [2.24, 2.45) is 0 Å². The van der Waals surface area contributed by atoms with E-state index in [-0.39, 0.29) is 17.7 Å². The molecule has 0 bridgehead atoms. The Morgan fingerprint density at radius 1 is 1.24 bits per heavy atom. The highest BCUT2D eigenvalue weighted by atomic mass is 35.5. The molecule has 1 aromatic carbocycles. The highest BCUT2D eigenvalue weighted by molar-refractivity contribution is 6.30. The number of amides is 1. The van der Waals surface area contributed by atoms with Gasteiger partial charge < -0.3 is 25.5 Å². The number of rotatable bonds is 6. The second-order valence-corrected chi connectivity index (χ2v) is 10.1. The minimum atomic E-state index is -0.516. The van der Waals surface area contributed by atoms with Gasteiger partial charge in [-0.1, -0.05) is 30.7 Å². The third-order valence-corrected chi connectivity index (χ3v) is 7.66. The number of nitrogens with one attached hydrogen (secondary N) is 2. The summed E-state index contributed by atoms with van der Waals surface area (Å²) in [5.41, 5.74) is 2.81. The number of hydrogen-bond acceptors (Lipinski definition) is 7. The monoisotopic (exact) mass is 484 g/mol. The van der Waals surface area contributed by atoms with E-state index in [9.17, 15) is 9.90 Å². The number of anilines is 1. The van der Waals surface area contributed by atoms with Crippen molar-refractivity contribution in [2.45, 2.75) is 43.7 Å². The first-order valence-corrected chi connectivity index (χ1v) is 12.6. The van der Waals surface area contributed by atoms with Crippen molar-refractivity contribution in [3.8, 4) is 0 Å². The maximum absolute atomic E-state index is 13.7. The second-order valence-electron chi connectivity index (χ2n) is 9.66. The lowest BCUT2D eigenvalue weighted by molar-refractivity contribution is -0.133. The van der Waals surface area contributed by atoms with Gasteiger partial charge in [0.2, 0.25) is 5.91 Å². The Bertz CT molecular complexity index is 1000. The first-order valence-electron chi connectivity index (χ1n) is 12.3. The molecule has 3 heterocycles. The van der Waals surface area contributed by atoms with Gasteiger partial charge in [-0.15, -0.1) is 0 Å². The van der Waals surface area contributed by atoms with Crippen molar-refractivity contribution in [3.05, 3.63) is 52.4 Å². The lowest BCUT2D eigenvalue weighted by Crippen LogP contribution is -2.51. The summed E-state index contributed by atoms with van der Waals surface area (Å²) in [6, 6.07) is 8.05. The van der Waals surface area contributed by atoms with E-state index in [2.05, 4.69) is 32.4 Å². The summed E-state index contributed by atoms with van der Waals surface area (Å²) < 4.78 is 0. The average molecular weight is 485 g/mol. The number of carbonyl (C=O) groups excluding carboxylic acids is 1. The van der Waals surface area contributed by atoms with E-state index >= 15 is 0 Å². The number of halogens is 1. The van der Waals surface area contributed by atoms with Crippen LogP contribution in [0.3, 0.4) is 0 Å². The number of aliphatic hydroxyl groups is 1. The van der Waals surface area contributed by atoms with Gasteiger partial charge in [-0.05, 0) is 43.0 Å². The number of fused-ring (bicyclic) bond motifs is 1. The molecule has 2 fully saturated rings. The third kappa shape index (κ3) is 4.77. The zero-order valence-corrected chi connectivity index (χ0v) is 20.3. The molecule has 3 aliphatic rings. The molecule has 34 heavy (non-hydrogen) atoms. The number of piperazine rings is 1. The summed E-state index contributed by atoms with van der Waals surface area (Å²) >= 11 is 6.11. The first-order chi connectivity index (χ1) is 16.5. The Morgan fingerprint density at radius 3 is 2.71 bits per heavy atom. The predicted octanol–water partition coefficient (Wildman–Crippen LogP) is 2.05. The fraction of sp³-hybridized carbons (Fsp3) is 0.560. The van der Waals surface area contributed by atoms with Crippen LogP contribution in [0.5, 0.6) is 0 Å². The van der Waals surface area contributed by atoms with Gasteiger partial charge in [0, 0.05) is 55.9 Å². The van der Waals surface area contributed by atoms with Gasteiger partial charge in [-0.3, -0.25) is 4.79 Å². The third-order valence-electron chi connectivity index (χ3n) is 7.41. The van der Waals surface area contributed by atoms with Crippen molar-refractivity contribution in [1.29, 1.82) is 0 Å². The Balaban J connectivity index is 1.28. The number of aromatic nitrogens is 2. The molecule has 2 unspecified atom stereocenters. The zero-order chi connectivity index (χ0) is 23.7. The molecule has 2 aromatic rings. The number of aliphatic hydroxyl groups excluding tert-OH is 1. The van der Waals surface area contributed by atoms with Crippen LogP contribution in [0, 0.1) is 0 Å². The van der Waals surface area contributed by atoms with Gasteiger partial charge in [-0.25, -0.2) is 9.97 Å². The summed E-state index contributed by atoms with van der Waals surface area (Å²) in [5.74, 6) is 1.04. The Labute approximate surface area is 205 Å². The van der Waals surface area contributed by atoms with Gasteiger partial charge >= 0.3 is 0 Å². The molecule has 0 spiro atoms. The molecule has 8 nitrogen and oxygen atoms in total. The number of benzene rings is 1. The standard InChI is InChI=1S/C25H33ClN6O2/c1-16-12-21(33)23-22(16)24(30-15-29-23)31-8-10-32(11-9-31)25(34)20(14-28-19-6-7-27-13-19)17-2-4-18(26)5-3-17/h2-5,15-16,19-21,27-28,33H,6-14H2,1H3/t16-,19?,20?,21-/m1/s1. The van der Waals surface area contributed by atoms with E-state index in [1.54, 1.807) is 6.33 Å². The van der Waals surface area contributed by atoms with Crippen LogP contribution in [0.15, 0.2) is 30.6 Å². The minimum Gasteiger partial charge on any atom is -0.387 e. The fourth-order valence-electron chi connectivity index (χ4n) is 5.47. The summed E-state index contributed by atoms with van der Waals surface area (Å²) in [7, 11) is 0. The minimum absolute atomic E-state index is 0.150. The molecule has 2 saturated heterocycles. The summed E-state index contributed by atoms with van der Waals surface area (Å²) in [4.78, 5) is 26.8. The molecular formula is C25H33ClN6O2. The maximum atomic E-state index is 13.7. The SMILES string of the molecule is C[C@@H]1C[C@@H](O)c2ncnc(N3CCN(C(=O)C(CNC4CCNC4)c4ccc(Cl)cc4)CC3)c21. The molecular weight excluding hydrogens is 452 g/mol. The van der Waals surface area contributed by atoms with Crippen molar-refractivity contribution >= 4 is 23.3 Å². The maximum Gasteiger partial charge on any atom is 0.231 e. The molecule has 3 N–H and O–H groups in total.